The van der Waals surface area contributed by atoms with Crippen molar-refractivity contribution in [3.63, 3.8) is 0 Å². The molecule has 0 radical (unpaired) electrons. The van der Waals surface area contributed by atoms with Gasteiger partial charge in [0.15, 0.2) is 5.78 Å². The lowest BCUT2D eigenvalue weighted by Gasteiger charge is -2.40. The molecule has 0 saturated heterocycles. The van der Waals surface area contributed by atoms with Crippen molar-refractivity contribution in [3.05, 3.63) is 20.8 Å². The van der Waals surface area contributed by atoms with Crippen LogP contribution < -0.4 is 5.73 Å². The summed E-state index contributed by atoms with van der Waals surface area (Å²) in [6.07, 6.45) is 4.04. The number of carbonyl (C=O) groups is 1. The van der Waals surface area contributed by atoms with Gasteiger partial charge in [0.05, 0.1) is 0 Å². The summed E-state index contributed by atoms with van der Waals surface area (Å²) in [7, 11) is 0. The molecule has 0 aromatic carbocycles. The number of Topliss-reactive ketones (excluding diaryl/α,β-unsaturated/α-hetero) is 1. The first-order valence-electron chi connectivity index (χ1n) is 5.12. The molecule has 0 atom stereocenters. The van der Waals surface area contributed by atoms with E-state index in [0.717, 1.165) is 22.9 Å². The Balaban J connectivity index is 2.07. The summed E-state index contributed by atoms with van der Waals surface area (Å²) in [5.74, 6) is 0.230. The van der Waals surface area contributed by atoms with E-state index in [0.29, 0.717) is 13.0 Å². The van der Waals surface area contributed by atoms with Crippen molar-refractivity contribution < 1.29 is 4.79 Å². The van der Waals surface area contributed by atoms with Gasteiger partial charge in [-0.3, -0.25) is 4.79 Å². The third-order valence-corrected chi connectivity index (χ3v) is 5.00. The molecule has 1 aromatic rings. The van der Waals surface area contributed by atoms with Crippen molar-refractivity contribution in [3.8, 4) is 0 Å². The van der Waals surface area contributed by atoms with Crippen molar-refractivity contribution in [1.29, 1.82) is 0 Å². The Morgan fingerprint density at radius 3 is 2.67 bits per heavy atom. The Labute approximate surface area is 102 Å². The summed E-state index contributed by atoms with van der Waals surface area (Å²) in [4.78, 5) is 12.0. The minimum absolute atomic E-state index is 0.110. The van der Waals surface area contributed by atoms with Gasteiger partial charge >= 0.3 is 0 Å². The van der Waals surface area contributed by atoms with E-state index < -0.39 is 0 Å². The third kappa shape index (κ3) is 2.17. The highest BCUT2D eigenvalue weighted by Gasteiger charge is 2.37. The highest BCUT2D eigenvalue weighted by Crippen LogP contribution is 2.44. The van der Waals surface area contributed by atoms with Crippen LogP contribution in [0.3, 0.4) is 0 Å². The fourth-order valence-corrected chi connectivity index (χ4v) is 3.57. The van der Waals surface area contributed by atoms with Gasteiger partial charge in [-0.15, -0.1) is 0 Å². The highest BCUT2D eigenvalue weighted by molar-refractivity contribution is 9.10. The molecule has 0 spiro atoms. The molecule has 0 amide bonds. The molecule has 15 heavy (non-hydrogen) atoms. The van der Waals surface area contributed by atoms with Crippen LogP contribution in [-0.2, 0) is 0 Å². The lowest BCUT2D eigenvalue weighted by Crippen LogP contribution is -2.39. The smallest absolute Gasteiger partial charge is 0.165 e. The van der Waals surface area contributed by atoms with E-state index in [2.05, 4.69) is 15.9 Å². The second-order valence-corrected chi connectivity index (χ2v) is 5.89. The largest absolute Gasteiger partial charge is 0.330 e. The second-order valence-electron chi connectivity index (χ2n) is 4.29. The summed E-state index contributed by atoms with van der Waals surface area (Å²) < 4.78 is 0.920. The van der Waals surface area contributed by atoms with Gasteiger partial charge in [0.1, 0.15) is 0 Å². The first-order valence-corrected chi connectivity index (χ1v) is 6.85. The van der Waals surface area contributed by atoms with Crippen molar-refractivity contribution >= 4 is 33.0 Å². The number of nitrogens with two attached hydrogens (primary N) is 1. The number of rotatable bonds is 4. The maximum atomic E-state index is 12.0. The summed E-state index contributed by atoms with van der Waals surface area (Å²) in [6, 6.07) is 0. The van der Waals surface area contributed by atoms with Crippen LogP contribution in [0.1, 0.15) is 36.0 Å². The molecule has 2 nitrogen and oxygen atoms in total. The molecule has 1 aromatic heterocycles. The van der Waals surface area contributed by atoms with E-state index in [1.807, 2.05) is 10.8 Å². The van der Waals surface area contributed by atoms with Gasteiger partial charge in [0.2, 0.25) is 0 Å². The third-order valence-electron chi connectivity index (χ3n) is 3.30. The Morgan fingerprint density at radius 1 is 1.53 bits per heavy atom. The fraction of sp³-hybridized carbons (Fsp3) is 0.545. The van der Waals surface area contributed by atoms with Crippen molar-refractivity contribution in [2.24, 2.45) is 11.1 Å². The first kappa shape index (κ1) is 11.3. The minimum Gasteiger partial charge on any atom is -0.330 e. The maximum absolute atomic E-state index is 12.0. The molecule has 1 aliphatic rings. The highest BCUT2D eigenvalue weighted by atomic mass is 79.9. The predicted octanol–water partition coefficient (Wildman–Crippen LogP) is 3.21. The molecule has 1 fully saturated rings. The van der Waals surface area contributed by atoms with E-state index in [4.69, 9.17) is 5.73 Å². The summed E-state index contributed by atoms with van der Waals surface area (Å²) >= 11 is 4.95. The van der Waals surface area contributed by atoms with Gasteiger partial charge in [-0.2, -0.15) is 11.3 Å². The Morgan fingerprint density at radius 2 is 2.27 bits per heavy atom. The zero-order chi connectivity index (χ0) is 10.9. The van der Waals surface area contributed by atoms with Gasteiger partial charge in [-0.1, -0.05) is 6.42 Å². The predicted molar refractivity (Wildman–Crippen MR) is 66.3 cm³/mol. The topological polar surface area (TPSA) is 43.1 Å². The van der Waals surface area contributed by atoms with Gasteiger partial charge in [0.25, 0.3) is 0 Å². The zero-order valence-corrected chi connectivity index (χ0v) is 10.9. The number of thiophene rings is 1. The van der Waals surface area contributed by atoms with Crippen LogP contribution in [0.25, 0.3) is 0 Å². The number of carbonyl (C=O) groups excluding carboxylic acids is 1. The minimum atomic E-state index is 0.110. The zero-order valence-electron chi connectivity index (χ0n) is 8.46. The molecule has 2 N–H and O–H groups in total. The normalized spacial score (nSPS) is 18.5. The number of hydrogen-bond acceptors (Lipinski definition) is 3. The quantitative estimate of drug-likeness (QED) is 0.864. The summed E-state index contributed by atoms with van der Waals surface area (Å²) in [5.41, 5.74) is 6.68. The average Bonchev–Trinajstić information content (AvgIpc) is 2.58. The average molecular weight is 288 g/mol. The molecule has 82 valence electrons. The van der Waals surface area contributed by atoms with Gasteiger partial charge in [-0.05, 0) is 40.7 Å². The molecule has 0 bridgehead atoms. The molecule has 2 rings (SSSR count). The monoisotopic (exact) mass is 287 g/mol. The molecule has 4 heteroatoms. The second kappa shape index (κ2) is 4.36. The fourth-order valence-electron chi connectivity index (χ4n) is 2.05. The van der Waals surface area contributed by atoms with Crippen LogP contribution in [0, 0.1) is 5.41 Å². The van der Waals surface area contributed by atoms with E-state index in [1.165, 1.54) is 6.42 Å². The Hall–Kier alpha value is -0.190. The lowest BCUT2D eigenvalue weighted by atomic mass is 9.65. The van der Waals surface area contributed by atoms with Gasteiger partial charge < -0.3 is 5.73 Å². The van der Waals surface area contributed by atoms with Crippen LogP contribution in [0.5, 0.6) is 0 Å². The van der Waals surface area contributed by atoms with Gasteiger partial charge in [-0.25, -0.2) is 0 Å². The molecular weight excluding hydrogens is 274 g/mol. The number of ketones is 1. The van der Waals surface area contributed by atoms with Crippen LogP contribution >= 0.6 is 27.3 Å². The number of hydrogen-bond donors (Lipinski definition) is 1. The Bertz CT molecular complexity index is 365. The molecular formula is C11H14BrNOS. The van der Waals surface area contributed by atoms with Crippen LogP contribution in [0.4, 0.5) is 0 Å². The standard InChI is InChI=1S/C11H14BrNOS/c12-9-6-15-5-8(9)10(14)4-11(7-13)2-1-3-11/h5-6H,1-4,7,13H2. The SMILES string of the molecule is NCC1(CC(=O)c2cscc2Br)CCC1. The van der Waals surface area contributed by atoms with Gasteiger partial charge in [0, 0.05) is 27.2 Å². The summed E-state index contributed by atoms with van der Waals surface area (Å²) in [6.45, 7) is 0.639. The van der Waals surface area contributed by atoms with Crippen LogP contribution in [-0.4, -0.2) is 12.3 Å². The molecule has 1 saturated carbocycles. The van der Waals surface area contributed by atoms with E-state index >= 15 is 0 Å². The molecule has 0 aliphatic heterocycles. The Kier molecular flexibility index (Phi) is 3.28. The summed E-state index contributed by atoms with van der Waals surface area (Å²) in [5, 5.41) is 3.86. The first-order chi connectivity index (χ1) is 7.17. The van der Waals surface area contributed by atoms with E-state index in [-0.39, 0.29) is 11.2 Å². The van der Waals surface area contributed by atoms with Crippen LogP contribution in [0.15, 0.2) is 15.2 Å². The lowest BCUT2D eigenvalue weighted by molar-refractivity contribution is 0.0785. The molecule has 1 heterocycles. The van der Waals surface area contributed by atoms with Crippen molar-refractivity contribution in [1.82, 2.24) is 0 Å². The van der Waals surface area contributed by atoms with E-state index in [1.54, 1.807) is 11.3 Å². The maximum Gasteiger partial charge on any atom is 0.165 e. The van der Waals surface area contributed by atoms with Crippen molar-refractivity contribution in [2.75, 3.05) is 6.54 Å². The van der Waals surface area contributed by atoms with Crippen LogP contribution in [0.2, 0.25) is 0 Å². The molecule has 1 aliphatic carbocycles. The molecule has 0 unspecified atom stereocenters. The van der Waals surface area contributed by atoms with E-state index in [9.17, 15) is 4.79 Å². The number of halogens is 1. The van der Waals surface area contributed by atoms with Crippen molar-refractivity contribution in [2.45, 2.75) is 25.7 Å².